The van der Waals surface area contributed by atoms with Crippen molar-refractivity contribution in [2.45, 2.75) is 52.5 Å². The number of aromatic nitrogens is 3. The molecular formula is C26H33F2N5O3. The van der Waals surface area contributed by atoms with E-state index in [4.69, 9.17) is 4.74 Å². The normalized spacial score (nSPS) is 16.0. The minimum Gasteiger partial charge on any atom is -0.496 e. The molecule has 0 aliphatic carbocycles. The fraction of sp³-hybridized carbons (Fsp3) is 0.500. The van der Waals surface area contributed by atoms with Crippen molar-refractivity contribution in [2.75, 3.05) is 26.7 Å². The van der Waals surface area contributed by atoms with E-state index in [0.29, 0.717) is 47.1 Å². The summed E-state index contributed by atoms with van der Waals surface area (Å²) in [6.07, 6.45) is 0.985. The van der Waals surface area contributed by atoms with Crippen LogP contribution < -0.4 is 15.6 Å². The van der Waals surface area contributed by atoms with Crippen LogP contribution in [0.5, 0.6) is 5.75 Å². The van der Waals surface area contributed by atoms with Crippen molar-refractivity contribution in [1.82, 2.24) is 24.8 Å². The van der Waals surface area contributed by atoms with E-state index in [0.717, 1.165) is 24.1 Å². The lowest BCUT2D eigenvalue weighted by Crippen LogP contribution is -2.38. The van der Waals surface area contributed by atoms with Crippen molar-refractivity contribution in [1.29, 1.82) is 0 Å². The maximum Gasteiger partial charge on any atom is 0.256 e. The number of H-pyrrole nitrogens is 1. The largest absolute Gasteiger partial charge is 0.496 e. The van der Waals surface area contributed by atoms with E-state index in [1.807, 2.05) is 22.4 Å². The number of pyridine rings is 1. The monoisotopic (exact) mass is 501 g/mol. The topological polar surface area (TPSA) is 91.7 Å². The summed E-state index contributed by atoms with van der Waals surface area (Å²) in [5.74, 6) is 0.501. The molecule has 0 aromatic carbocycles. The van der Waals surface area contributed by atoms with Gasteiger partial charge in [-0.05, 0) is 69.5 Å². The van der Waals surface area contributed by atoms with Crippen molar-refractivity contribution in [3.63, 3.8) is 0 Å². The fourth-order valence-electron chi connectivity index (χ4n) is 5.40. The van der Waals surface area contributed by atoms with Crippen molar-refractivity contribution in [3.05, 3.63) is 62.8 Å². The highest BCUT2D eigenvalue weighted by Gasteiger charge is 2.31. The number of methoxy groups -OCH3 is 1. The lowest BCUT2D eigenvalue weighted by atomic mass is 9.82. The van der Waals surface area contributed by atoms with Crippen LogP contribution in [0.2, 0.25) is 0 Å². The molecule has 0 bridgehead atoms. The van der Waals surface area contributed by atoms with E-state index in [1.54, 1.807) is 25.3 Å². The second-order valence-electron chi connectivity index (χ2n) is 9.53. The van der Waals surface area contributed by atoms with Gasteiger partial charge < -0.3 is 15.0 Å². The number of aromatic amines is 1. The van der Waals surface area contributed by atoms with E-state index < -0.39 is 6.43 Å². The molecule has 10 heteroatoms. The number of hydrogen-bond donors (Lipinski definition) is 2. The number of alkyl halides is 2. The van der Waals surface area contributed by atoms with Gasteiger partial charge in [0.15, 0.2) is 0 Å². The molecule has 1 aliphatic heterocycles. The first-order valence-electron chi connectivity index (χ1n) is 12.2. The van der Waals surface area contributed by atoms with Crippen LogP contribution in [0.3, 0.4) is 0 Å². The van der Waals surface area contributed by atoms with Crippen LogP contribution in [-0.4, -0.2) is 58.6 Å². The Morgan fingerprint density at radius 3 is 2.69 bits per heavy atom. The van der Waals surface area contributed by atoms with Crippen LogP contribution in [0.15, 0.2) is 29.2 Å². The van der Waals surface area contributed by atoms with Crippen molar-refractivity contribution < 1.29 is 18.3 Å². The second-order valence-corrected chi connectivity index (χ2v) is 9.53. The van der Waals surface area contributed by atoms with Gasteiger partial charge in [0.05, 0.1) is 36.8 Å². The Bertz CT molecular complexity index is 1290. The molecule has 1 fully saturated rings. The Balaban J connectivity index is 1.59. The molecule has 4 rings (SSSR count). The highest BCUT2D eigenvalue weighted by atomic mass is 19.3. The Labute approximate surface area is 208 Å². The van der Waals surface area contributed by atoms with Gasteiger partial charge in [-0.3, -0.25) is 14.5 Å². The number of aryl methyl sites for hydroxylation is 1. The van der Waals surface area contributed by atoms with E-state index in [2.05, 4.69) is 22.3 Å². The van der Waals surface area contributed by atoms with Gasteiger partial charge in [-0.1, -0.05) is 6.92 Å². The number of carbonyl (C=O) groups is 1. The number of hydrogen-bond acceptors (Lipinski definition) is 5. The van der Waals surface area contributed by atoms with Gasteiger partial charge in [-0.2, -0.15) is 5.10 Å². The van der Waals surface area contributed by atoms with Crippen molar-refractivity contribution >= 4 is 11.4 Å². The van der Waals surface area contributed by atoms with Gasteiger partial charge in [0.1, 0.15) is 5.75 Å². The van der Waals surface area contributed by atoms with Crippen LogP contribution in [0.25, 0.3) is 5.52 Å². The zero-order valence-electron chi connectivity index (χ0n) is 21.1. The number of likely N-dealkylation sites (tertiary alicyclic amines) is 1. The third-order valence-corrected chi connectivity index (χ3v) is 7.26. The number of halogens is 2. The predicted octanol–water partition coefficient (Wildman–Crippen LogP) is 3.66. The van der Waals surface area contributed by atoms with Crippen molar-refractivity contribution in [2.24, 2.45) is 5.92 Å². The van der Waals surface area contributed by atoms with Gasteiger partial charge in [-0.15, -0.1) is 0 Å². The Morgan fingerprint density at radius 2 is 2.03 bits per heavy atom. The van der Waals surface area contributed by atoms with Gasteiger partial charge in [-0.25, -0.2) is 13.3 Å². The number of amides is 1. The number of piperidine rings is 1. The summed E-state index contributed by atoms with van der Waals surface area (Å²) in [6.45, 7) is 6.90. The molecule has 3 aromatic rings. The Kier molecular flexibility index (Phi) is 7.73. The minimum absolute atomic E-state index is 0.0160. The summed E-state index contributed by atoms with van der Waals surface area (Å²) in [6, 6.07) is 5.37. The standard InChI is InChI=1S/C26H33F2N5O3/c1-15-12-21(36-4)19(25(34)31-15)13-29-26(35)23-17(3)24(33-20(23)6-5-9-30-33)16(2)18-7-10-32(11-8-18)14-22(27)28/h5-6,9,12,16,18,22H,7-8,10-11,13-14H2,1-4H3,(H,29,35)(H,31,34). The first kappa shape index (κ1) is 25.8. The highest BCUT2D eigenvalue weighted by Crippen LogP contribution is 2.37. The van der Waals surface area contributed by atoms with E-state index in [-0.39, 0.29) is 30.5 Å². The molecule has 8 nitrogen and oxygen atoms in total. The molecule has 2 N–H and O–H groups in total. The minimum atomic E-state index is -2.32. The average molecular weight is 502 g/mol. The van der Waals surface area contributed by atoms with E-state index in [9.17, 15) is 18.4 Å². The number of fused-ring (bicyclic) bond motifs is 1. The number of nitrogens with one attached hydrogen (secondary N) is 2. The highest BCUT2D eigenvalue weighted by molar-refractivity contribution is 6.03. The van der Waals surface area contributed by atoms with Crippen LogP contribution >= 0.6 is 0 Å². The molecule has 0 saturated carbocycles. The summed E-state index contributed by atoms with van der Waals surface area (Å²) in [7, 11) is 1.49. The van der Waals surface area contributed by atoms with Crippen LogP contribution in [-0.2, 0) is 6.54 Å². The second kappa shape index (κ2) is 10.8. The summed E-state index contributed by atoms with van der Waals surface area (Å²) < 4.78 is 32.7. The molecule has 1 atom stereocenters. The number of rotatable bonds is 8. The zero-order valence-corrected chi connectivity index (χ0v) is 21.1. The third-order valence-electron chi connectivity index (χ3n) is 7.26. The molecular weight excluding hydrogens is 468 g/mol. The molecule has 0 spiro atoms. The van der Waals surface area contributed by atoms with Crippen LogP contribution in [0, 0.1) is 19.8 Å². The van der Waals surface area contributed by atoms with Gasteiger partial charge in [0.25, 0.3) is 17.9 Å². The summed E-state index contributed by atoms with van der Waals surface area (Å²) in [4.78, 5) is 30.4. The lowest BCUT2D eigenvalue weighted by Gasteiger charge is -2.34. The maximum atomic E-state index is 13.4. The molecule has 3 aromatic heterocycles. The van der Waals surface area contributed by atoms with Crippen molar-refractivity contribution in [3.8, 4) is 5.75 Å². The Morgan fingerprint density at radius 1 is 1.31 bits per heavy atom. The zero-order chi connectivity index (χ0) is 26.0. The number of nitrogens with zero attached hydrogens (tertiary/aromatic N) is 3. The van der Waals surface area contributed by atoms with Gasteiger partial charge in [0.2, 0.25) is 0 Å². The first-order valence-corrected chi connectivity index (χ1v) is 12.2. The molecule has 0 radical (unpaired) electrons. The maximum absolute atomic E-state index is 13.4. The smallest absolute Gasteiger partial charge is 0.256 e. The SMILES string of the molecule is COc1cc(C)[nH]c(=O)c1CNC(=O)c1c(C)c(C(C)C2CCN(CC(F)F)CC2)n2ncccc12. The summed E-state index contributed by atoms with van der Waals surface area (Å²) in [5, 5.41) is 7.42. The third kappa shape index (κ3) is 5.13. The van der Waals surface area contributed by atoms with E-state index >= 15 is 0 Å². The first-order chi connectivity index (χ1) is 17.2. The Hall–Kier alpha value is -3.27. The molecule has 36 heavy (non-hydrogen) atoms. The quantitative estimate of drug-likeness (QED) is 0.492. The predicted molar refractivity (Wildman–Crippen MR) is 133 cm³/mol. The lowest BCUT2D eigenvalue weighted by molar-refractivity contribution is 0.0662. The molecule has 1 saturated heterocycles. The van der Waals surface area contributed by atoms with Crippen LogP contribution in [0.4, 0.5) is 8.78 Å². The molecule has 4 heterocycles. The average Bonchev–Trinajstić information content (AvgIpc) is 3.14. The molecule has 194 valence electrons. The number of ether oxygens (including phenoxy) is 1. The number of carbonyl (C=O) groups excluding carboxylic acids is 1. The summed E-state index contributed by atoms with van der Waals surface area (Å²) in [5.41, 5.74) is 3.70. The van der Waals surface area contributed by atoms with Gasteiger partial charge >= 0.3 is 0 Å². The molecule has 1 aliphatic rings. The molecule has 1 unspecified atom stereocenters. The fourth-order valence-corrected chi connectivity index (χ4v) is 5.40. The molecule has 1 amide bonds. The van der Waals surface area contributed by atoms with E-state index in [1.165, 1.54) is 7.11 Å². The van der Waals surface area contributed by atoms with Crippen LogP contribution in [0.1, 0.15) is 58.6 Å². The van der Waals surface area contributed by atoms with Gasteiger partial charge in [0, 0.05) is 23.5 Å². The summed E-state index contributed by atoms with van der Waals surface area (Å²) >= 11 is 0.